The lowest BCUT2D eigenvalue weighted by Gasteiger charge is -2.39. The van der Waals surface area contributed by atoms with Crippen molar-refractivity contribution in [2.45, 2.75) is 50.5 Å². The molecule has 3 unspecified atom stereocenters. The van der Waals surface area contributed by atoms with Crippen molar-refractivity contribution >= 4 is 0 Å². The molecule has 1 saturated carbocycles. The van der Waals surface area contributed by atoms with E-state index < -0.39 is 0 Å². The standard InChI is InChI=1S/C15H20FNO/c16-14-8-10(18)7-12-11-5-3-1-2-4-9(15(11)17)6-13(12)14/h7-9,11,15,18H,1-6,17H2. The maximum atomic E-state index is 14.0. The van der Waals surface area contributed by atoms with Crippen molar-refractivity contribution in [3.8, 4) is 5.75 Å². The van der Waals surface area contributed by atoms with Gasteiger partial charge in [-0.3, -0.25) is 0 Å². The second-order valence-electron chi connectivity index (χ2n) is 5.78. The summed E-state index contributed by atoms with van der Waals surface area (Å²) in [6.45, 7) is 0. The van der Waals surface area contributed by atoms with Gasteiger partial charge in [-0.05, 0) is 48.3 Å². The minimum absolute atomic E-state index is 0.0268. The van der Waals surface area contributed by atoms with E-state index in [2.05, 4.69) is 0 Å². The van der Waals surface area contributed by atoms with Crippen LogP contribution in [-0.2, 0) is 6.42 Å². The lowest BCUT2D eigenvalue weighted by Crippen LogP contribution is -2.42. The molecule has 2 aliphatic rings. The monoisotopic (exact) mass is 249 g/mol. The topological polar surface area (TPSA) is 46.2 Å². The Morgan fingerprint density at radius 3 is 2.78 bits per heavy atom. The number of hydrogen-bond acceptors (Lipinski definition) is 2. The third-order valence-corrected chi connectivity index (χ3v) is 4.68. The second-order valence-corrected chi connectivity index (χ2v) is 5.78. The van der Waals surface area contributed by atoms with Crippen molar-refractivity contribution in [3.05, 3.63) is 29.1 Å². The summed E-state index contributed by atoms with van der Waals surface area (Å²) in [5.41, 5.74) is 8.12. The molecule has 2 aliphatic carbocycles. The second kappa shape index (κ2) is 4.54. The minimum atomic E-state index is -0.257. The fourth-order valence-electron chi connectivity index (χ4n) is 3.71. The van der Waals surface area contributed by atoms with Gasteiger partial charge in [-0.1, -0.05) is 19.3 Å². The number of phenolic OH excluding ortho intramolecular Hbond substituents is 1. The molecule has 18 heavy (non-hydrogen) atoms. The highest BCUT2D eigenvalue weighted by atomic mass is 19.1. The summed E-state index contributed by atoms with van der Waals surface area (Å²) in [7, 11) is 0. The van der Waals surface area contributed by atoms with E-state index in [-0.39, 0.29) is 23.5 Å². The van der Waals surface area contributed by atoms with Gasteiger partial charge in [0.05, 0.1) is 0 Å². The van der Waals surface area contributed by atoms with Crippen LogP contribution in [-0.4, -0.2) is 11.1 Å². The van der Waals surface area contributed by atoms with Crippen LogP contribution in [0.4, 0.5) is 4.39 Å². The molecule has 3 heteroatoms. The first kappa shape index (κ1) is 12.0. The van der Waals surface area contributed by atoms with E-state index in [4.69, 9.17) is 5.73 Å². The number of aromatic hydroxyl groups is 1. The van der Waals surface area contributed by atoms with Gasteiger partial charge in [0.25, 0.3) is 0 Å². The summed E-state index contributed by atoms with van der Waals surface area (Å²) in [6, 6.07) is 3.08. The van der Waals surface area contributed by atoms with Crippen LogP contribution in [0.1, 0.15) is 49.1 Å². The number of nitrogens with two attached hydrogens (primary N) is 1. The van der Waals surface area contributed by atoms with Crippen LogP contribution in [0, 0.1) is 11.7 Å². The van der Waals surface area contributed by atoms with Crippen molar-refractivity contribution in [2.75, 3.05) is 0 Å². The van der Waals surface area contributed by atoms with Crippen LogP contribution in [0.15, 0.2) is 12.1 Å². The molecular formula is C15H20FNO. The first-order chi connectivity index (χ1) is 8.66. The molecule has 1 aromatic carbocycles. The van der Waals surface area contributed by atoms with Gasteiger partial charge in [0.2, 0.25) is 0 Å². The third kappa shape index (κ3) is 1.91. The average Bonchev–Trinajstić information content (AvgIpc) is 2.32. The highest BCUT2D eigenvalue weighted by Crippen LogP contribution is 2.43. The average molecular weight is 249 g/mol. The number of phenols is 1. The van der Waals surface area contributed by atoms with E-state index in [1.54, 1.807) is 6.07 Å². The lowest BCUT2D eigenvalue weighted by atomic mass is 9.68. The molecular weight excluding hydrogens is 229 g/mol. The number of rotatable bonds is 0. The molecule has 3 atom stereocenters. The molecule has 0 aromatic heterocycles. The fraction of sp³-hybridized carbons (Fsp3) is 0.600. The van der Waals surface area contributed by atoms with Crippen molar-refractivity contribution in [1.29, 1.82) is 0 Å². The van der Waals surface area contributed by atoms with Gasteiger partial charge in [0.15, 0.2) is 0 Å². The minimum Gasteiger partial charge on any atom is -0.508 e. The van der Waals surface area contributed by atoms with Crippen molar-refractivity contribution in [2.24, 2.45) is 11.7 Å². The Balaban J connectivity index is 2.08. The number of fused-ring (bicyclic) bond motifs is 4. The number of hydrogen-bond donors (Lipinski definition) is 2. The number of halogens is 1. The first-order valence-electron chi connectivity index (χ1n) is 6.93. The Bertz CT molecular complexity index is 460. The van der Waals surface area contributed by atoms with E-state index in [9.17, 15) is 9.50 Å². The molecule has 0 spiro atoms. The molecule has 0 heterocycles. The molecule has 2 bridgehead atoms. The summed E-state index contributed by atoms with van der Waals surface area (Å²) < 4.78 is 14.0. The van der Waals surface area contributed by atoms with Gasteiger partial charge in [-0.2, -0.15) is 0 Å². The Kier molecular flexibility index (Phi) is 3.02. The van der Waals surface area contributed by atoms with Gasteiger partial charge in [0.1, 0.15) is 11.6 Å². The smallest absolute Gasteiger partial charge is 0.130 e. The quantitative estimate of drug-likeness (QED) is 0.742. The van der Waals surface area contributed by atoms with Crippen molar-refractivity contribution in [3.63, 3.8) is 0 Å². The van der Waals surface area contributed by atoms with E-state index in [1.165, 1.54) is 18.9 Å². The van der Waals surface area contributed by atoms with E-state index in [0.717, 1.165) is 36.8 Å². The van der Waals surface area contributed by atoms with Crippen LogP contribution in [0.3, 0.4) is 0 Å². The predicted octanol–water partition coefficient (Wildman–Crippen LogP) is 3.08. The van der Waals surface area contributed by atoms with Crippen LogP contribution >= 0.6 is 0 Å². The maximum absolute atomic E-state index is 14.0. The van der Waals surface area contributed by atoms with Crippen molar-refractivity contribution < 1.29 is 9.50 Å². The molecule has 0 radical (unpaired) electrons. The summed E-state index contributed by atoms with van der Waals surface area (Å²) in [5.74, 6) is 0.397. The van der Waals surface area contributed by atoms with E-state index >= 15 is 0 Å². The van der Waals surface area contributed by atoms with Crippen molar-refractivity contribution in [1.82, 2.24) is 0 Å². The summed E-state index contributed by atoms with van der Waals surface area (Å²) >= 11 is 0. The van der Waals surface area contributed by atoms with E-state index in [1.807, 2.05) is 0 Å². The third-order valence-electron chi connectivity index (χ3n) is 4.68. The largest absolute Gasteiger partial charge is 0.508 e. The van der Waals surface area contributed by atoms with Crippen LogP contribution < -0.4 is 5.73 Å². The van der Waals surface area contributed by atoms with Gasteiger partial charge >= 0.3 is 0 Å². The normalized spacial score (nSPS) is 31.3. The zero-order valence-electron chi connectivity index (χ0n) is 10.5. The van der Waals surface area contributed by atoms with Gasteiger partial charge in [-0.25, -0.2) is 4.39 Å². The fourth-order valence-corrected chi connectivity index (χ4v) is 3.71. The molecule has 1 aromatic rings. The van der Waals surface area contributed by atoms with Crippen LogP contribution in [0.5, 0.6) is 5.75 Å². The summed E-state index contributed by atoms with van der Waals surface area (Å²) in [5, 5.41) is 9.60. The Morgan fingerprint density at radius 1 is 1.17 bits per heavy atom. The van der Waals surface area contributed by atoms with Crippen LogP contribution in [0.2, 0.25) is 0 Å². The van der Waals surface area contributed by atoms with Gasteiger partial charge in [0, 0.05) is 12.1 Å². The number of benzene rings is 1. The molecule has 98 valence electrons. The molecule has 3 N–H and O–H groups in total. The first-order valence-corrected chi connectivity index (χ1v) is 6.93. The van der Waals surface area contributed by atoms with Gasteiger partial charge < -0.3 is 10.8 Å². The zero-order valence-corrected chi connectivity index (χ0v) is 10.5. The molecule has 0 aliphatic heterocycles. The Morgan fingerprint density at radius 2 is 1.94 bits per heavy atom. The highest BCUT2D eigenvalue weighted by molar-refractivity contribution is 5.41. The van der Waals surface area contributed by atoms with E-state index in [0.29, 0.717) is 5.92 Å². The lowest BCUT2D eigenvalue weighted by molar-refractivity contribution is 0.273. The predicted molar refractivity (Wildman–Crippen MR) is 69.1 cm³/mol. The maximum Gasteiger partial charge on any atom is 0.130 e. The Hall–Kier alpha value is -1.09. The molecule has 0 saturated heterocycles. The summed E-state index contributed by atoms with van der Waals surface area (Å²) in [6.07, 6.45) is 6.47. The van der Waals surface area contributed by atoms with Crippen LogP contribution in [0.25, 0.3) is 0 Å². The molecule has 1 fully saturated rings. The Labute approximate surface area is 107 Å². The molecule has 3 rings (SSSR count). The van der Waals surface area contributed by atoms with Gasteiger partial charge in [-0.15, -0.1) is 0 Å². The molecule has 0 amide bonds. The summed E-state index contributed by atoms with van der Waals surface area (Å²) in [4.78, 5) is 0. The molecule has 2 nitrogen and oxygen atoms in total. The zero-order chi connectivity index (χ0) is 12.7. The highest BCUT2D eigenvalue weighted by Gasteiger charge is 2.36. The SMILES string of the molecule is NC1C2CCCCCC1c1cc(O)cc(F)c1C2.